The Morgan fingerprint density at radius 1 is 0.929 bits per heavy atom. The third kappa shape index (κ3) is 5.61. The Labute approximate surface area is 88.3 Å². The predicted octanol–water partition coefficient (Wildman–Crippen LogP) is 2.58. The largest absolute Gasteiger partial charge is 0.393 e. The second kappa shape index (κ2) is 7.24. The smallest absolute Gasteiger partial charge is 0.0592 e. The number of aliphatic hydroxyl groups excluding tert-OH is 2. The van der Waals surface area contributed by atoms with Gasteiger partial charge in [0.05, 0.1) is 12.2 Å². The Kier molecular flexibility index (Phi) is 7.20. The van der Waals surface area contributed by atoms with E-state index in [-0.39, 0.29) is 12.2 Å². The number of aliphatic hydroxyl groups is 2. The van der Waals surface area contributed by atoms with Crippen LogP contribution in [0.4, 0.5) is 0 Å². The molecular weight excluding hydrogens is 176 g/mol. The Hall–Kier alpha value is -0.0800. The molecule has 2 N–H and O–H groups in total. The summed E-state index contributed by atoms with van der Waals surface area (Å²) in [5.74, 6) is 0.843. The molecule has 0 aromatic heterocycles. The highest BCUT2D eigenvalue weighted by molar-refractivity contribution is 4.71. The minimum atomic E-state index is -0.342. The summed E-state index contributed by atoms with van der Waals surface area (Å²) in [5.41, 5.74) is 0. The molecule has 2 heteroatoms. The third-order valence-corrected chi connectivity index (χ3v) is 2.85. The van der Waals surface area contributed by atoms with E-state index in [4.69, 9.17) is 0 Å². The standard InChI is InChI=1S/C12H26O2/c1-5-10(6-2)12(14)8-11(13)7-9(3)4/h9-14H,5-8H2,1-4H3/t11-,12+/m1/s1. The van der Waals surface area contributed by atoms with E-state index in [0.29, 0.717) is 18.3 Å². The predicted molar refractivity (Wildman–Crippen MR) is 60.2 cm³/mol. The summed E-state index contributed by atoms with van der Waals surface area (Å²) in [7, 11) is 0. The van der Waals surface area contributed by atoms with Gasteiger partial charge in [0, 0.05) is 0 Å². The fourth-order valence-electron chi connectivity index (χ4n) is 1.94. The van der Waals surface area contributed by atoms with Crippen LogP contribution in [0.5, 0.6) is 0 Å². The Morgan fingerprint density at radius 3 is 1.79 bits per heavy atom. The summed E-state index contributed by atoms with van der Waals surface area (Å²) in [6, 6.07) is 0. The maximum absolute atomic E-state index is 9.83. The van der Waals surface area contributed by atoms with E-state index < -0.39 is 0 Å². The van der Waals surface area contributed by atoms with E-state index >= 15 is 0 Å². The van der Waals surface area contributed by atoms with Crippen LogP contribution in [0.3, 0.4) is 0 Å². The lowest BCUT2D eigenvalue weighted by Crippen LogP contribution is -2.25. The van der Waals surface area contributed by atoms with Gasteiger partial charge in [-0.15, -0.1) is 0 Å². The van der Waals surface area contributed by atoms with Crippen molar-refractivity contribution in [1.82, 2.24) is 0 Å². The second-order valence-electron chi connectivity index (χ2n) is 4.66. The molecule has 2 atom stereocenters. The molecule has 0 aromatic rings. The SMILES string of the molecule is CCC(CC)[C@@H](O)C[C@H](O)CC(C)C. The molecule has 0 rings (SSSR count). The number of hydrogen-bond acceptors (Lipinski definition) is 2. The summed E-state index contributed by atoms with van der Waals surface area (Å²) < 4.78 is 0. The van der Waals surface area contributed by atoms with Crippen molar-refractivity contribution in [3.05, 3.63) is 0 Å². The van der Waals surface area contributed by atoms with Gasteiger partial charge in [-0.25, -0.2) is 0 Å². The summed E-state index contributed by atoms with van der Waals surface area (Å²) in [5, 5.41) is 19.5. The molecule has 0 radical (unpaired) electrons. The van der Waals surface area contributed by atoms with Gasteiger partial charge >= 0.3 is 0 Å². The van der Waals surface area contributed by atoms with Gasteiger partial charge in [0.15, 0.2) is 0 Å². The first-order chi connectivity index (χ1) is 6.51. The first-order valence-corrected chi connectivity index (χ1v) is 5.87. The van der Waals surface area contributed by atoms with Gasteiger partial charge in [0.2, 0.25) is 0 Å². The maximum Gasteiger partial charge on any atom is 0.0592 e. The Balaban J connectivity index is 3.84. The van der Waals surface area contributed by atoms with E-state index in [0.717, 1.165) is 19.3 Å². The van der Waals surface area contributed by atoms with Gasteiger partial charge in [-0.3, -0.25) is 0 Å². The zero-order chi connectivity index (χ0) is 11.1. The molecule has 0 heterocycles. The Bertz CT molecular complexity index is 130. The van der Waals surface area contributed by atoms with Crippen LogP contribution in [0.15, 0.2) is 0 Å². The average molecular weight is 202 g/mol. The van der Waals surface area contributed by atoms with Gasteiger partial charge in [-0.05, 0) is 24.7 Å². The molecule has 0 fully saturated rings. The van der Waals surface area contributed by atoms with Crippen molar-refractivity contribution >= 4 is 0 Å². The molecule has 0 amide bonds. The van der Waals surface area contributed by atoms with Crippen molar-refractivity contribution in [2.75, 3.05) is 0 Å². The van der Waals surface area contributed by atoms with Crippen LogP contribution in [-0.2, 0) is 0 Å². The van der Waals surface area contributed by atoms with E-state index in [9.17, 15) is 10.2 Å². The van der Waals surface area contributed by atoms with Gasteiger partial charge < -0.3 is 10.2 Å². The van der Waals surface area contributed by atoms with E-state index in [2.05, 4.69) is 27.7 Å². The highest BCUT2D eigenvalue weighted by Gasteiger charge is 2.19. The monoisotopic (exact) mass is 202 g/mol. The zero-order valence-electron chi connectivity index (χ0n) is 10.0. The van der Waals surface area contributed by atoms with Crippen LogP contribution in [0.25, 0.3) is 0 Å². The molecule has 0 aliphatic rings. The third-order valence-electron chi connectivity index (χ3n) is 2.85. The minimum absolute atomic E-state index is 0.334. The van der Waals surface area contributed by atoms with E-state index in [1.54, 1.807) is 0 Å². The maximum atomic E-state index is 9.83. The lowest BCUT2D eigenvalue weighted by atomic mass is 9.90. The van der Waals surface area contributed by atoms with Crippen LogP contribution < -0.4 is 0 Å². The highest BCUT2D eigenvalue weighted by Crippen LogP contribution is 2.19. The van der Waals surface area contributed by atoms with Crippen molar-refractivity contribution in [2.24, 2.45) is 11.8 Å². The first-order valence-electron chi connectivity index (χ1n) is 5.87. The molecule has 0 bridgehead atoms. The number of rotatable bonds is 7. The molecule has 14 heavy (non-hydrogen) atoms. The lowest BCUT2D eigenvalue weighted by Gasteiger charge is -2.23. The summed E-state index contributed by atoms with van der Waals surface area (Å²) in [4.78, 5) is 0. The quantitative estimate of drug-likeness (QED) is 0.666. The molecule has 0 aliphatic carbocycles. The molecule has 2 nitrogen and oxygen atoms in total. The molecule has 0 saturated heterocycles. The lowest BCUT2D eigenvalue weighted by molar-refractivity contribution is 0.0331. The van der Waals surface area contributed by atoms with Crippen molar-refractivity contribution in [1.29, 1.82) is 0 Å². The fraction of sp³-hybridized carbons (Fsp3) is 1.00. The summed E-state index contributed by atoms with van der Waals surface area (Å²) in [6.45, 7) is 8.36. The van der Waals surface area contributed by atoms with Gasteiger partial charge in [-0.2, -0.15) is 0 Å². The highest BCUT2D eigenvalue weighted by atomic mass is 16.3. The number of hydrogen-bond donors (Lipinski definition) is 2. The summed E-state index contributed by atoms with van der Waals surface area (Å²) in [6.07, 6.45) is 2.63. The molecule has 0 aromatic carbocycles. The van der Waals surface area contributed by atoms with Gasteiger partial charge in [-0.1, -0.05) is 40.5 Å². The van der Waals surface area contributed by atoms with Crippen molar-refractivity contribution < 1.29 is 10.2 Å². The fourth-order valence-corrected chi connectivity index (χ4v) is 1.94. The molecule has 0 spiro atoms. The minimum Gasteiger partial charge on any atom is -0.393 e. The van der Waals surface area contributed by atoms with E-state index in [1.165, 1.54) is 0 Å². The van der Waals surface area contributed by atoms with Crippen molar-refractivity contribution in [2.45, 2.75) is 65.6 Å². The van der Waals surface area contributed by atoms with Crippen molar-refractivity contribution in [3.63, 3.8) is 0 Å². The van der Waals surface area contributed by atoms with Crippen LogP contribution in [0.1, 0.15) is 53.4 Å². The van der Waals surface area contributed by atoms with Crippen molar-refractivity contribution in [3.8, 4) is 0 Å². The molecule has 0 aliphatic heterocycles. The molecule has 0 unspecified atom stereocenters. The van der Waals surface area contributed by atoms with Gasteiger partial charge in [0.1, 0.15) is 0 Å². The first kappa shape index (κ1) is 13.9. The Morgan fingerprint density at radius 2 is 1.43 bits per heavy atom. The van der Waals surface area contributed by atoms with Crippen LogP contribution in [0.2, 0.25) is 0 Å². The molecule has 86 valence electrons. The average Bonchev–Trinajstić information content (AvgIpc) is 2.04. The normalized spacial score (nSPS) is 16.3. The second-order valence-corrected chi connectivity index (χ2v) is 4.66. The molecule has 0 saturated carbocycles. The molecular formula is C12H26O2. The topological polar surface area (TPSA) is 40.5 Å². The zero-order valence-corrected chi connectivity index (χ0v) is 10.0. The van der Waals surface area contributed by atoms with Crippen LogP contribution >= 0.6 is 0 Å². The summed E-state index contributed by atoms with van der Waals surface area (Å²) >= 11 is 0. The van der Waals surface area contributed by atoms with Gasteiger partial charge in [0.25, 0.3) is 0 Å². The van der Waals surface area contributed by atoms with Crippen LogP contribution in [0, 0.1) is 11.8 Å². The van der Waals surface area contributed by atoms with E-state index in [1.807, 2.05) is 0 Å². The van der Waals surface area contributed by atoms with Crippen LogP contribution in [-0.4, -0.2) is 22.4 Å².